The molecule has 4 heteroatoms. The van der Waals surface area contributed by atoms with Crippen molar-refractivity contribution in [2.24, 2.45) is 0 Å². The van der Waals surface area contributed by atoms with Crippen LogP contribution in [0.5, 0.6) is 5.75 Å². The molecular weight excluding hydrogens is 260 g/mol. The van der Waals surface area contributed by atoms with Crippen molar-refractivity contribution in [3.63, 3.8) is 0 Å². The van der Waals surface area contributed by atoms with Gasteiger partial charge in [-0.05, 0) is 31.2 Å². The number of methoxy groups -OCH3 is 1. The van der Waals surface area contributed by atoms with Crippen LogP contribution >= 0.6 is 0 Å². The van der Waals surface area contributed by atoms with Gasteiger partial charge in [-0.1, -0.05) is 24.3 Å². The molecule has 1 N–H and O–H groups in total. The van der Waals surface area contributed by atoms with E-state index < -0.39 is 11.6 Å². The Morgan fingerprint density at radius 3 is 2.55 bits per heavy atom. The van der Waals surface area contributed by atoms with Crippen LogP contribution in [0.15, 0.2) is 42.5 Å². The van der Waals surface area contributed by atoms with Crippen LogP contribution in [0, 0.1) is 11.6 Å². The first-order valence-electron chi connectivity index (χ1n) is 6.39. The molecule has 2 aromatic carbocycles. The second-order valence-electron chi connectivity index (χ2n) is 4.52. The van der Waals surface area contributed by atoms with Gasteiger partial charge in [0.25, 0.3) is 0 Å². The Morgan fingerprint density at radius 2 is 1.90 bits per heavy atom. The average Bonchev–Trinajstić information content (AvgIpc) is 2.46. The third-order valence-corrected chi connectivity index (χ3v) is 3.30. The lowest BCUT2D eigenvalue weighted by Gasteiger charge is -2.19. The summed E-state index contributed by atoms with van der Waals surface area (Å²) < 4.78 is 32.0. The number of hydrogen-bond acceptors (Lipinski definition) is 2. The molecule has 0 saturated carbocycles. The summed E-state index contributed by atoms with van der Waals surface area (Å²) in [6.07, 6.45) is 0.420. The summed E-state index contributed by atoms with van der Waals surface area (Å²) in [6.45, 7) is 0. The molecule has 0 bridgehead atoms. The first-order chi connectivity index (χ1) is 9.65. The summed E-state index contributed by atoms with van der Waals surface area (Å²) >= 11 is 0. The van der Waals surface area contributed by atoms with Gasteiger partial charge in [0.05, 0.1) is 7.11 Å². The van der Waals surface area contributed by atoms with Crippen molar-refractivity contribution in [2.75, 3.05) is 14.2 Å². The molecule has 106 valence electrons. The van der Waals surface area contributed by atoms with Gasteiger partial charge in [-0.3, -0.25) is 0 Å². The van der Waals surface area contributed by atoms with Crippen LogP contribution < -0.4 is 10.1 Å². The Kier molecular flexibility index (Phi) is 4.69. The zero-order chi connectivity index (χ0) is 14.5. The van der Waals surface area contributed by atoms with Crippen LogP contribution in [0.2, 0.25) is 0 Å². The number of benzene rings is 2. The topological polar surface area (TPSA) is 21.3 Å². The molecule has 1 atom stereocenters. The van der Waals surface area contributed by atoms with Gasteiger partial charge < -0.3 is 10.1 Å². The van der Waals surface area contributed by atoms with Gasteiger partial charge >= 0.3 is 0 Å². The van der Waals surface area contributed by atoms with Crippen molar-refractivity contribution in [3.05, 3.63) is 65.2 Å². The SMILES string of the molecule is CNC(Cc1ccc(F)cc1F)c1ccccc1OC. The van der Waals surface area contributed by atoms with E-state index in [0.717, 1.165) is 17.4 Å². The number of para-hydroxylation sites is 1. The van der Waals surface area contributed by atoms with Crippen LogP contribution in [0.4, 0.5) is 8.78 Å². The molecule has 0 aliphatic heterocycles. The highest BCUT2D eigenvalue weighted by molar-refractivity contribution is 5.37. The first kappa shape index (κ1) is 14.5. The van der Waals surface area contributed by atoms with E-state index in [1.807, 2.05) is 24.3 Å². The summed E-state index contributed by atoms with van der Waals surface area (Å²) in [7, 11) is 3.41. The summed E-state index contributed by atoms with van der Waals surface area (Å²) in [6, 6.07) is 11.1. The molecule has 0 radical (unpaired) electrons. The Hall–Kier alpha value is -1.94. The van der Waals surface area contributed by atoms with Gasteiger partial charge in [-0.2, -0.15) is 0 Å². The lowest BCUT2D eigenvalue weighted by Crippen LogP contribution is -2.20. The summed E-state index contributed by atoms with van der Waals surface area (Å²) in [5.74, 6) is -0.348. The average molecular weight is 277 g/mol. The second-order valence-corrected chi connectivity index (χ2v) is 4.52. The molecule has 0 aliphatic rings. The summed E-state index contributed by atoms with van der Waals surface area (Å²) in [4.78, 5) is 0. The Morgan fingerprint density at radius 1 is 1.15 bits per heavy atom. The Labute approximate surface area is 117 Å². The highest BCUT2D eigenvalue weighted by Crippen LogP contribution is 2.27. The summed E-state index contributed by atoms with van der Waals surface area (Å²) in [5, 5.41) is 3.14. The second kappa shape index (κ2) is 6.48. The molecule has 20 heavy (non-hydrogen) atoms. The number of hydrogen-bond donors (Lipinski definition) is 1. The quantitative estimate of drug-likeness (QED) is 0.903. The van der Waals surface area contributed by atoms with Crippen LogP contribution in [-0.2, 0) is 6.42 Å². The maximum Gasteiger partial charge on any atom is 0.129 e. The molecule has 2 nitrogen and oxygen atoms in total. The van der Waals surface area contributed by atoms with E-state index in [9.17, 15) is 8.78 Å². The normalized spacial score (nSPS) is 12.2. The maximum absolute atomic E-state index is 13.7. The minimum atomic E-state index is -0.565. The van der Waals surface area contributed by atoms with E-state index in [1.165, 1.54) is 12.1 Å². The van der Waals surface area contributed by atoms with Gasteiger partial charge in [0.2, 0.25) is 0 Å². The van der Waals surface area contributed by atoms with Crippen molar-refractivity contribution >= 4 is 0 Å². The minimum Gasteiger partial charge on any atom is -0.496 e. The zero-order valence-electron chi connectivity index (χ0n) is 11.5. The zero-order valence-corrected chi connectivity index (χ0v) is 11.5. The molecule has 0 fully saturated rings. The number of likely N-dealkylation sites (N-methyl/N-ethyl adjacent to an activating group) is 1. The first-order valence-corrected chi connectivity index (χ1v) is 6.39. The van der Waals surface area contributed by atoms with Crippen LogP contribution in [0.3, 0.4) is 0 Å². The third kappa shape index (κ3) is 3.14. The number of rotatable bonds is 5. The lowest BCUT2D eigenvalue weighted by molar-refractivity contribution is 0.400. The predicted octanol–water partition coefficient (Wildman–Crippen LogP) is 3.48. The molecule has 0 aromatic heterocycles. The molecule has 0 amide bonds. The van der Waals surface area contributed by atoms with Gasteiger partial charge in [0, 0.05) is 17.7 Å². The molecule has 0 heterocycles. The fraction of sp³-hybridized carbons (Fsp3) is 0.250. The van der Waals surface area contributed by atoms with Crippen molar-refractivity contribution in [3.8, 4) is 5.75 Å². The number of halogens is 2. The fourth-order valence-corrected chi connectivity index (χ4v) is 2.23. The largest absolute Gasteiger partial charge is 0.496 e. The van der Waals surface area contributed by atoms with E-state index >= 15 is 0 Å². The van der Waals surface area contributed by atoms with E-state index in [-0.39, 0.29) is 6.04 Å². The lowest BCUT2D eigenvalue weighted by atomic mass is 9.98. The van der Waals surface area contributed by atoms with Crippen molar-refractivity contribution in [1.82, 2.24) is 5.32 Å². The van der Waals surface area contributed by atoms with Crippen molar-refractivity contribution in [2.45, 2.75) is 12.5 Å². The van der Waals surface area contributed by atoms with Crippen molar-refractivity contribution < 1.29 is 13.5 Å². The summed E-state index contributed by atoms with van der Waals surface area (Å²) in [5.41, 5.74) is 1.41. The van der Waals surface area contributed by atoms with E-state index in [0.29, 0.717) is 12.0 Å². The molecule has 0 aliphatic carbocycles. The Balaban J connectivity index is 2.29. The van der Waals surface area contributed by atoms with Gasteiger partial charge in [0.15, 0.2) is 0 Å². The molecule has 2 rings (SSSR count). The predicted molar refractivity (Wildman–Crippen MR) is 74.9 cm³/mol. The van der Waals surface area contributed by atoms with Crippen LogP contribution in [-0.4, -0.2) is 14.2 Å². The Bertz CT molecular complexity index is 586. The number of ether oxygens (including phenoxy) is 1. The molecule has 2 aromatic rings. The van der Waals surface area contributed by atoms with E-state index in [4.69, 9.17) is 4.74 Å². The van der Waals surface area contributed by atoms with E-state index in [1.54, 1.807) is 14.2 Å². The molecule has 0 saturated heterocycles. The van der Waals surface area contributed by atoms with Crippen LogP contribution in [0.1, 0.15) is 17.2 Å². The highest BCUT2D eigenvalue weighted by atomic mass is 19.1. The highest BCUT2D eigenvalue weighted by Gasteiger charge is 2.16. The standard InChI is InChI=1S/C16H17F2NO/c1-19-15(13-5-3-4-6-16(13)20-2)9-11-7-8-12(17)10-14(11)18/h3-8,10,15,19H,9H2,1-2H3. The van der Waals surface area contributed by atoms with Crippen molar-refractivity contribution in [1.29, 1.82) is 0 Å². The van der Waals surface area contributed by atoms with Gasteiger partial charge in [-0.15, -0.1) is 0 Å². The van der Waals surface area contributed by atoms with Gasteiger partial charge in [-0.25, -0.2) is 8.78 Å². The minimum absolute atomic E-state index is 0.105. The van der Waals surface area contributed by atoms with E-state index in [2.05, 4.69) is 5.32 Å². The smallest absolute Gasteiger partial charge is 0.129 e. The maximum atomic E-state index is 13.7. The van der Waals surface area contributed by atoms with Crippen LogP contribution in [0.25, 0.3) is 0 Å². The van der Waals surface area contributed by atoms with Gasteiger partial charge in [0.1, 0.15) is 17.4 Å². The number of nitrogens with one attached hydrogen (secondary N) is 1. The molecule has 0 spiro atoms. The molecule has 1 unspecified atom stereocenters. The monoisotopic (exact) mass is 277 g/mol. The fourth-order valence-electron chi connectivity index (χ4n) is 2.23. The molecular formula is C16H17F2NO. The third-order valence-electron chi connectivity index (χ3n) is 3.30.